The van der Waals surface area contributed by atoms with Crippen LogP contribution in [0.2, 0.25) is 5.02 Å². The largest absolute Gasteiger partial charge is 0.507 e. The molecule has 0 saturated heterocycles. The van der Waals surface area contributed by atoms with Crippen molar-refractivity contribution in [1.82, 2.24) is 0 Å². The number of hydrogen-bond acceptors (Lipinski definition) is 8. The molecule has 0 radical (unpaired) electrons. The quantitative estimate of drug-likeness (QED) is 0.344. The normalized spacial score (nSPS) is 10.4. The van der Waals surface area contributed by atoms with E-state index >= 15 is 0 Å². The van der Waals surface area contributed by atoms with E-state index in [1.807, 2.05) is 0 Å². The van der Waals surface area contributed by atoms with Crippen LogP contribution in [0.5, 0.6) is 28.7 Å². The first-order valence-corrected chi connectivity index (χ1v) is 8.67. The third kappa shape index (κ3) is 4.45. The van der Waals surface area contributed by atoms with Gasteiger partial charge in [0, 0.05) is 17.7 Å². The lowest BCUT2D eigenvalue weighted by Crippen LogP contribution is -2.09. The van der Waals surface area contributed by atoms with Crippen molar-refractivity contribution in [3.05, 3.63) is 34.3 Å². The minimum absolute atomic E-state index is 0.0557. The maximum Gasteiger partial charge on any atom is 0.341 e. The van der Waals surface area contributed by atoms with Gasteiger partial charge in [-0.25, -0.2) is 4.79 Å². The predicted molar refractivity (Wildman–Crippen MR) is 104 cm³/mol. The van der Waals surface area contributed by atoms with Gasteiger partial charge in [0.2, 0.25) is 0 Å². The fourth-order valence-corrected chi connectivity index (χ4v) is 2.91. The highest BCUT2D eigenvalue weighted by atomic mass is 35.5. The first-order valence-electron chi connectivity index (χ1n) is 8.29. The van der Waals surface area contributed by atoms with Gasteiger partial charge < -0.3 is 34.9 Å². The number of nitrogen functional groups attached to an aromatic ring is 1. The van der Waals surface area contributed by atoms with Crippen LogP contribution in [0.25, 0.3) is 0 Å². The highest BCUT2D eigenvalue weighted by Gasteiger charge is 2.20. The van der Waals surface area contributed by atoms with Crippen molar-refractivity contribution in [3.63, 3.8) is 0 Å². The number of rotatable bonds is 8. The van der Waals surface area contributed by atoms with Gasteiger partial charge in [-0.3, -0.25) is 0 Å². The number of anilines is 1. The molecule has 0 aliphatic rings. The van der Waals surface area contributed by atoms with Gasteiger partial charge in [0.25, 0.3) is 0 Å². The summed E-state index contributed by atoms with van der Waals surface area (Å²) in [5, 5.41) is 19.1. The monoisotopic (exact) mass is 411 g/mol. The molecule has 0 fully saturated rings. The molecule has 8 nitrogen and oxygen atoms in total. The molecule has 2 aromatic rings. The lowest BCUT2D eigenvalue weighted by Gasteiger charge is -2.18. The highest BCUT2D eigenvalue weighted by Crippen LogP contribution is 2.42. The number of esters is 1. The molecule has 0 bridgehead atoms. The first kappa shape index (κ1) is 21.3. The number of phenols is 2. The zero-order chi connectivity index (χ0) is 20.8. The standard InChI is InChI=1S/C19H22ClNO7/c1-25-16-8-13(21)17(26-2)10(18(16)27-3)5-4-6-28-19(24)11-7-12(20)15(23)9-14(11)22/h7-9,22-23H,4-6,21H2,1-3H3. The van der Waals surface area contributed by atoms with Crippen LogP contribution in [0.1, 0.15) is 22.3 Å². The van der Waals surface area contributed by atoms with Gasteiger partial charge in [-0.2, -0.15) is 0 Å². The van der Waals surface area contributed by atoms with E-state index in [0.29, 0.717) is 41.3 Å². The zero-order valence-corrected chi connectivity index (χ0v) is 16.5. The molecule has 0 amide bonds. The number of phenolic OH excluding ortho intramolecular Hbond substituents is 2. The number of aromatic hydroxyl groups is 2. The van der Waals surface area contributed by atoms with Crippen molar-refractivity contribution in [2.75, 3.05) is 33.7 Å². The summed E-state index contributed by atoms with van der Waals surface area (Å²) in [5.74, 6) is -0.0870. The summed E-state index contributed by atoms with van der Waals surface area (Å²) in [6.45, 7) is 0.0557. The third-order valence-corrected chi connectivity index (χ3v) is 4.34. The molecule has 28 heavy (non-hydrogen) atoms. The SMILES string of the molecule is COc1cc(N)c(OC)c(CCCOC(=O)c2cc(Cl)c(O)cc2O)c1OC. The number of carbonyl (C=O) groups is 1. The molecule has 9 heteroatoms. The Hall–Kier alpha value is -3.00. The van der Waals surface area contributed by atoms with E-state index < -0.39 is 11.7 Å². The molecular weight excluding hydrogens is 390 g/mol. The van der Waals surface area contributed by atoms with Gasteiger partial charge in [-0.1, -0.05) is 11.6 Å². The van der Waals surface area contributed by atoms with Crippen LogP contribution in [-0.2, 0) is 11.2 Å². The minimum Gasteiger partial charge on any atom is -0.507 e. The summed E-state index contributed by atoms with van der Waals surface area (Å²) in [5.41, 5.74) is 6.95. The van der Waals surface area contributed by atoms with E-state index in [2.05, 4.69) is 0 Å². The van der Waals surface area contributed by atoms with Crippen LogP contribution in [-0.4, -0.2) is 44.1 Å². The molecule has 0 aliphatic heterocycles. The van der Waals surface area contributed by atoms with Gasteiger partial charge in [0.1, 0.15) is 22.8 Å². The van der Waals surface area contributed by atoms with Crippen LogP contribution in [0.4, 0.5) is 5.69 Å². The Morgan fingerprint density at radius 3 is 2.32 bits per heavy atom. The van der Waals surface area contributed by atoms with Crippen LogP contribution in [0, 0.1) is 0 Å². The van der Waals surface area contributed by atoms with Crippen molar-refractivity contribution in [3.8, 4) is 28.7 Å². The Morgan fingerprint density at radius 2 is 1.71 bits per heavy atom. The molecule has 0 spiro atoms. The Bertz CT molecular complexity index is 870. The molecule has 0 aromatic heterocycles. The van der Waals surface area contributed by atoms with Gasteiger partial charge in [-0.15, -0.1) is 0 Å². The van der Waals surface area contributed by atoms with Gasteiger partial charge in [0.05, 0.1) is 38.6 Å². The van der Waals surface area contributed by atoms with Gasteiger partial charge in [-0.05, 0) is 18.9 Å². The van der Waals surface area contributed by atoms with Crippen molar-refractivity contribution < 1.29 is 34.0 Å². The van der Waals surface area contributed by atoms with Gasteiger partial charge in [0.15, 0.2) is 11.5 Å². The molecule has 0 atom stereocenters. The van der Waals surface area contributed by atoms with Crippen LogP contribution >= 0.6 is 11.6 Å². The van der Waals surface area contributed by atoms with Crippen molar-refractivity contribution in [1.29, 1.82) is 0 Å². The molecule has 0 saturated carbocycles. The molecule has 0 aliphatic carbocycles. The molecule has 0 heterocycles. The second-order valence-electron chi connectivity index (χ2n) is 5.77. The maximum atomic E-state index is 12.1. The van der Waals surface area contributed by atoms with E-state index in [0.717, 1.165) is 12.1 Å². The number of carbonyl (C=O) groups excluding carboxylic acids is 1. The van der Waals surface area contributed by atoms with E-state index in [1.54, 1.807) is 6.07 Å². The van der Waals surface area contributed by atoms with E-state index in [4.69, 9.17) is 36.3 Å². The summed E-state index contributed by atoms with van der Waals surface area (Å²) in [6.07, 6.45) is 0.862. The van der Waals surface area contributed by atoms with Crippen molar-refractivity contribution >= 4 is 23.3 Å². The van der Waals surface area contributed by atoms with Crippen LogP contribution in [0.3, 0.4) is 0 Å². The summed E-state index contributed by atoms with van der Waals surface area (Å²) in [6, 6.07) is 3.73. The average molecular weight is 412 g/mol. The van der Waals surface area contributed by atoms with E-state index in [-0.39, 0.29) is 22.9 Å². The lowest BCUT2D eigenvalue weighted by molar-refractivity contribution is 0.0497. The molecule has 152 valence electrons. The second-order valence-corrected chi connectivity index (χ2v) is 6.18. The zero-order valence-electron chi connectivity index (χ0n) is 15.7. The number of halogens is 1. The Morgan fingerprint density at radius 1 is 1.04 bits per heavy atom. The smallest absolute Gasteiger partial charge is 0.341 e. The first-order chi connectivity index (χ1) is 13.3. The highest BCUT2D eigenvalue weighted by molar-refractivity contribution is 6.32. The fraction of sp³-hybridized carbons (Fsp3) is 0.316. The maximum absolute atomic E-state index is 12.1. The number of nitrogens with two attached hydrogens (primary N) is 1. The van der Waals surface area contributed by atoms with Crippen LogP contribution in [0.15, 0.2) is 18.2 Å². The molecule has 2 rings (SSSR count). The van der Waals surface area contributed by atoms with E-state index in [9.17, 15) is 15.0 Å². The van der Waals surface area contributed by atoms with Gasteiger partial charge >= 0.3 is 5.97 Å². The molecule has 4 N–H and O–H groups in total. The number of benzene rings is 2. The fourth-order valence-electron chi connectivity index (χ4n) is 2.75. The lowest BCUT2D eigenvalue weighted by atomic mass is 10.1. The summed E-state index contributed by atoms with van der Waals surface area (Å²) in [4.78, 5) is 12.1. The summed E-state index contributed by atoms with van der Waals surface area (Å²) < 4.78 is 21.2. The average Bonchev–Trinajstić information content (AvgIpc) is 2.67. The second kappa shape index (κ2) is 9.27. The third-order valence-electron chi connectivity index (χ3n) is 4.04. The minimum atomic E-state index is -0.761. The summed E-state index contributed by atoms with van der Waals surface area (Å²) in [7, 11) is 4.51. The Balaban J connectivity index is 2.09. The summed E-state index contributed by atoms with van der Waals surface area (Å²) >= 11 is 5.76. The Kier molecular flexibility index (Phi) is 7.06. The van der Waals surface area contributed by atoms with Crippen molar-refractivity contribution in [2.24, 2.45) is 0 Å². The molecule has 2 aromatic carbocycles. The Labute approximate surface area is 167 Å². The molecule has 0 unspecified atom stereocenters. The molecular formula is C19H22ClNO7. The number of methoxy groups -OCH3 is 3. The topological polar surface area (TPSA) is 120 Å². The van der Waals surface area contributed by atoms with Crippen LogP contribution < -0.4 is 19.9 Å². The number of ether oxygens (including phenoxy) is 4. The van der Waals surface area contributed by atoms with E-state index in [1.165, 1.54) is 21.3 Å². The number of hydrogen-bond donors (Lipinski definition) is 3. The van der Waals surface area contributed by atoms with Crippen molar-refractivity contribution in [2.45, 2.75) is 12.8 Å². The predicted octanol–water partition coefficient (Wildman–Crippen LogP) is 3.15.